The molecule has 1 N–H and O–H groups in total. The third kappa shape index (κ3) is 3.74. The van der Waals surface area contributed by atoms with Crippen molar-refractivity contribution in [2.24, 2.45) is 4.99 Å². The molecular formula is C16H24N4O. The van der Waals surface area contributed by atoms with Gasteiger partial charge in [-0.1, -0.05) is 18.2 Å². The molecule has 0 unspecified atom stereocenters. The molecule has 5 heteroatoms. The predicted molar refractivity (Wildman–Crippen MR) is 86.8 cm³/mol. The van der Waals surface area contributed by atoms with Gasteiger partial charge in [0.1, 0.15) is 6.54 Å². The van der Waals surface area contributed by atoms with E-state index in [1.165, 1.54) is 11.3 Å². The van der Waals surface area contributed by atoms with Gasteiger partial charge in [0.2, 0.25) is 5.91 Å². The summed E-state index contributed by atoms with van der Waals surface area (Å²) in [5.74, 6) is 0.788. The van der Waals surface area contributed by atoms with Crippen molar-refractivity contribution in [1.29, 1.82) is 0 Å². The lowest BCUT2D eigenvalue weighted by Gasteiger charge is -2.24. The molecule has 5 nitrogen and oxygen atoms in total. The van der Waals surface area contributed by atoms with Gasteiger partial charge in [0.25, 0.3) is 0 Å². The first kappa shape index (κ1) is 15.4. The molecule has 1 aliphatic heterocycles. The van der Waals surface area contributed by atoms with E-state index in [1.54, 1.807) is 19.0 Å². The van der Waals surface area contributed by atoms with Gasteiger partial charge in [0.15, 0.2) is 5.96 Å². The Labute approximate surface area is 126 Å². The maximum atomic E-state index is 11.8. The van der Waals surface area contributed by atoms with E-state index >= 15 is 0 Å². The van der Waals surface area contributed by atoms with Crippen molar-refractivity contribution < 1.29 is 4.79 Å². The summed E-state index contributed by atoms with van der Waals surface area (Å²) in [4.78, 5) is 20.0. The lowest BCUT2D eigenvalue weighted by atomic mass is 10.2. The van der Waals surface area contributed by atoms with Crippen LogP contribution in [0.25, 0.3) is 0 Å². The highest BCUT2D eigenvalue weighted by Crippen LogP contribution is 2.27. The lowest BCUT2D eigenvalue weighted by Crippen LogP contribution is -2.44. The summed E-state index contributed by atoms with van der Waals surface area (Å²) in [7, 11) is 3.50. The van der Waals surface area contributed by atoms with Gasteiger partial charge in [0.05, 0.1) is 0 Å². The fourth-order valence-electron chi connectivity index (χ4n) is 2.31. The zero-order valence-corrected chi connectivity index (χ0v) is 13.3. The minimum Gasteiger partial charge on any atom is -0.354 e. The normalized spacial score (nSPS) is 14.3. The number of rotatable bonds is 3. The minimum atomic E-state index is 0.00513. The number of anilines is 1. The topological polar surface area (TPSA) is 47.9 Å². The molecule has 2 rings (SSSR count). The number of nitrogens with one attached hydrogen (secondary N) is 1. The van der Waals surface area contributed by atoms with Crippen molar-refractivity contribution in [2.75, 3.05) is 32.1 Å². The monoisotopic (exact) mass is 288 g/mol. The summed E-state index contributed by atoms with van der Waals surface area (Å²) in [6.45, 7) is 5.21. The average molecular weight is 288 g/mol. The molecule has 1 aromatic rings. The third-order valence-electron chi connectivity index (χ3n) is 3.42. The van der Waals surface area contributed by atoms with E-state index in [0.29, 0.717) is 0 Å². The summed E-state index contributed by atoms with van der Waals surface area (Å²) < 4.78 is 0. The first-order valence-electron chi connectivity index (χ1n) is 7.35. The van der Waals surface area contributed by atoms with Crippen molar-refractivity contribution >= 4 is 17.6 Å². The van der Waals surface area contributed by atoms with Crippen LogP contribution in [0, 0.1) is 0 Å². The second-order valence-electron chi connectivity index (χ2n) is 5.76. The Balaban J connectivity index is 2.21. The summed E-state index contributed by atoms with van der Waals surface area (Å²) in [6, 6.07) is 8.62. The van der Waals surface area contributed by atoms with Gasteiger partial charge in [-0.25, -0.2) is 4.99 Å². The number of nitrogens with zero attached hydrogens (tertiary/aromatic N) is 3. The summed E-state index contributed by atoms with van der Waals surface area (Å²) in [5, 5.41) is 3.36. The van der Waals surface area contributed by atoms with Crippen LogP contribution in [0.4, 0.5) is 5.69 Å². The van der Waals surface area contributed by atoms with Gasteiger partial charge in [-0.05, 0) is 31.9 Å². The van der Waals surface area contributed by atoms with Gasteiger partial charge in [-0.3, -0.25) is 4.79 Å². The van der Waals surface area contributed by atoms with Gasteiger partial charge in [0, 0.05) is 32.4 Å². The van der Waals surface area contributed by atoms with Crippen LogP contribution in [-0.4, -0.2) is 50.0 Å². The van der Waals surface area contributed by atoms with Gasteiger partial charge in [-0.15, -0.1) is 0 Å². The van der Waals surface area contributed by atoms with E-state index in [1.807, 2.05) is 6.07 Å². The van der Waals surface area contributed by atoms with Gasteiger partial charge >= 0.3 is 0 Å². The number of amides is 1. The van der Waals surface area contributed by atoms with E-state index in [4.69, 9.17) is 0 Å². The molecule has 1 aliphatic rings. The van der Waals surface area contributed by atoms with E-state index < -0.39 is 0 Å². The van der Waals surface area contributed by atoms with Crippen LogP contribution in [0.15, 0.2) is 29.3 Å². The first-order chi connectivity index (χ1) is 9.99. The highest BCUT2D eigenvalue weighted by Gasteiger charge is 2.23. The SMILES string of the molecule is CC(C)NC(=NCC(=O)N(C)C)N1CCc2ccccc21. The standard InChI is InChI=1S/C16H24N4O/c1-12(2)18-16(17-11-15(21)19(3)4)20-10-9-13-7-5-6-8-14(13)20/h5-8,12H,9-11H2,1-4H3,(H,17,18). The molecule has 0 saturated carbocycles. The highest BCUT2D eigenvalue weighted by atomic mass is 16.2. The molecule has 0 spiro atoms. The van der Waals surface area contributed by atoms with E-state index in [9.17, 15) is 4.79 Å². The Kier molecular flexibility index (Phi) is 4.83. The number of carbonyl (C=O) groups is 1. The highest BCUT2D eigenvalue weighted by molar-refractivity contribution is 5.99. The lowest BCUT2D eigenvalue weighted by molar-refractivity contribution is -0.127. The van der Waals surface area contributed by atoms with Crippen LogP contribution in [0.2, 0.25) is 0 Å². The second-order valence-corrected chi connectivity index (χ2v) is 5.76. The third-order valence-corrected chi connectivity index (χ3v) is 3.42. The number of carbonyl (C=O) groups excluding carboxylic acids is 1. The van der Waals surface area contributed by atoms with Crippen molar-refractivity contribution in [3.8, 4) is 0 Å². The number of guanidine groups is 1. The maximum absolute atomic E-state index is 11.8. The summed E-state index contributed by atoms with van der Waals surface area (Å²) in [6.07, 6.45) is 1.01. The molecule has 1 heterocycles. The van der Waals surface area contributed by atoms with Crippen molar-refractivity contribution in [2.45, 2.75) is 26.3 Å². The first-order valence-corrected chi connectivity index (χ1v) is 7.35. The fraction of sp³-hybridized carbons (Fsp3) is 0.500. The van der Waals surface area contributed by atoms with E-state index in [2.05, 4.69) is 47.3 Å². The van der Waals surface area contributed by atoms with Crippen molar-refractivity contribution in [3.05, 3.63) is 29.8 Å². The Morgan fingerprint density at radius 1 is 1.38 bits per heavy atom. The number of benzene rings is 1. The van der Waals surface area contributed by atoms with E-state index in [-0.39, 0.29) is 18.5 Å². The van der Waals surface area contributed by atoms with Crippen LogP contribution >= 0.6 is 0 Å². The zero-order valence-electron chi connectivity index (χ0n) is 13.3. The smallest absolute Gasteiger partial charge is 0.243 e. The molecule has 0 radical (unpaired) electrons. The number of aliphatic imine (C=N–C) groups is 1. The Morgan fingerprint density at radius 3 is 2.76 bits per heavy atom. The average Bonchev–Trinajstić information content (AvgIpc) is 2.86. The molecule has 1 aromatic carbocycles. The Bertz CT molecular complexity index is 537. The number of fused-ring (bicyclic) bond motifs is 1. The number of hydrogen-bond acceptors (Lipinski definition) is 2. The largest absolute Gasteiger partial charge is 0.354 e. The van der Waals surface area contributed by atoms with E-state index in [0.717, 1.165) is 18.9 Å². The summed E-state index contributed by atoms with van der Waals surface area (Å²) in [5.41, 5.74) is 2.51. The fourth-order valence-corrected chi connectivity index (χ4v) is 2.31. The van der Waals surface area contributed by atoms with Crippen LogP contribution in [0.1, 0.15) is 19.4 Å². The molecule has 0 atom stereocenters. The van der Waals surface area contributed by atoms with Crippen LogP contribution in [0.5, 0.6) is 0 Å². The van der Waals surface area contributed by atoms with Crippen molar-refractivity contribution in [3.63, 3.8) is 0 Å². The Hall–Kier alpha value is -2.04. The Morgan fingerprint density at radius 2 is 2.10 bits per heavy atom. The second kappa shape index (κ2) is 6.61. The molecule has 0 saturated heterocycles. The molecule has 114 valence electrons. The molecule has 1 amide bonds. The molecule has 0 fully saturated rings. The molecule has 0 aliphatic carbocycles. The molecular weight excluding hydrogens is 264 g/mol. The zero-order chi connectivity index (χ0) is 15.4. The quantitative estimate of drug-likeness (QED) is 0.677. The molecule has 21 heavy (non-hydrogen) atoms. The van der Waals surface area contributed by atoms with Crippen LogP contribution < -0.4 is 10.2 Å². The predicted octanol–water partition coefficient (Wildman–Crippen LogP) is 1.49. The van der Waals surface area contributed by atoms with Crippen LogP contribution in [-0.2, 0) is 11.2 Å². The molecule has 0 bridgehead atoms. The molecule has 0 aromatic heterocycles. The summed E-state index contributed by atoms with van der Waals surface area (Å²) >= 11 is 0. The van der Waals surface area contributed by atoms with Gasteiger partial charge < -0.3 is 15.1 Å². The minimum absolute atomic E-state index is 0.00513. The number of hydrogen-bond donors (Lipinski definition) is 1. The van der Waals surface area contributed by atoms with Crippen LogP contribution in [0.3, 0.4) is 0 Å². The van der Waals surface area contributed by atoms with Crippen molar-refractivity contribution in [1.82, 2.24) is 10.2 Å². The maximum Gasteiger partial charge on any atom is 0.243 e. The number of para-hydroxylation sites is 1. The number of likely N-dealkylation sites (N-methyl/N-ethyl adjacent to an activating group) is 1. The van der Waals surface area contributed by atoms with Gasteiger partial charge in [-0.2, -0.15) is 0 Å².